The van der Waals surface area contributed by atoms with Gasteiger partial charge in [0.1, 0.15) is 6.07 Å². The lowest BCUT2D eigenvalue weighted by molar-refractivity contribution is 1.18. The molecule has 0 saturated heterocycles. The molecule has 0 aliphatic rings. The van der Waals surface area contributed by atoms with Crippen molar-refractivity contribution in [2.75, 3.05) is 0 Å². The fourth-order valence-electron chi connectivity index (χ4n) is 6.36. The zero-order valence-corrected chi connectivity index (χ0v) is 21.6. The van der Waals surface area contributed by atoms with E-state index >= 15 is 0 Å². The molecule has 0 N–H and O–H groups in total. The van der Waals surface area contributed by atoms with Crippen LogP contribution in [0.15, 0.2) is 140 Å². The van der Waals surface area contributed by atoms with E-state index in [1.54, 1.807) is 0 Å². The number of hydrogen-bond donors (Lipinski definition) is 0. The fourth-order valence-corrected chi connectivity index (χ4v) is 6.36. The van der Waals surface area contributed by atoms with E-state index in [9.17, 15) is 5.26 Å². The maximum atomic E-state index is 10.7. The summed E-state index contributed by atoms with van der Waals surface area (Å²) in [4.78, 5) is 0. The summed E-state index contributed by atoms with van der Waals surface area (Å²) in [6.45, 7) is 0. The lowest BCUT2D eigenvalue weighted by Gasteiger charge is -2.11. The smallest absolute Gasteiger partial charge is 0.101 e. The van der Waals surface area contributed by atoms with Gasteiger partial charge in [0.2, 0.25) is 0 Å². The van der Waals surface area contributed by atoms with Crippen molar-refractivity contribution in [2.24, 2.45) is 0 Å². The van der Waals surface area contributed by atoms with Gasteiger partial charge in [-0.3, -0.25) is 0 Å². The highest BCUT2D eigenvalue weighted by Gasteiger charge is 2.21. The maximum Gasteiger partial charge on any atom is 0.101 e. The molecule has 0 fully saturated rings. The van der Waals surface area contributed by atoms with Gasteiger partial charge in [-0.2, -0.15) is 5.26 Å². The SMILES string of the molecule is N#Cc1c(-c2cccc3c2c2ccccc2n3-c2ccccc2)ccc2c1c1ccccc1n2-c1ccccc1. The predicted molar refractivity (Wildman–Crippen MR) is 165 cm³/mol. The summed E-state index contributed by atoms with van der Waals surface area (Å²) >= 11 is 0. The van der Waals surface area contributed by atoms with Crippen LogP contribution in [0.1, 0.15) is 5.56 Å². The first-order valence-corrected chi connectivity index (χ1v) is 13.4. The Morgan fingerprint density at radius 2 is 0.900 bits per heavy atom. The molecule has 3 nitrogen and oxygen atoms in total. The zero-order chi connectivity index (χ0) is 26.6. The summed E-state index contributed by atoms with van der Waals surface area (Å²) in [5.41, 5.74) is 9.32. The lowest BCUT2D eigenvalue weighted by Crippen LogP contribution is -1.94. The molecule has 186 valence electrons. The number of nitrogens with zero attached hydrogens (tertiary/aromatic N) is 3. The van der Waals surface area contributed by atoms with Crippen molar-refractivity contribution in [3.05, 3.63) is 145 Å². The van der Waals surface area contributed by atoms with Crippen molar-refractivity contribution >= 4 is 43.6 Å². The van der Waals surface area contributed by atoms with Gasteiger partial charge in [0, 0.05) is 38.5 Å². The molecule has 0 saturated carbocycles. The Morgan fingerprint density at radius 1 is 0.400 bits per heavy atom. The highest BCUT2D eigenvalue weighted by Crippen LogP contribution is 2.43. The Balaban J connectivity index is 1.50. The molecule has 0 radical (unpaired) electrons. The Labute approximate surface area is 231 Å². The second kappa shape index (κ2) is 8.73. The van der Waals surface area contributed by atoms with Gasteiger partial charge in [0.05, 0.1) is 27.6 Å². The Morgan fingerprint density at radius 3 is 1.50 bits per heavy atom. The molecule has 2 heterocycles. The molecule has 2 aromatic heterocycles. The molecule has 6 aromatic carbocycles. The van der Waals surface area contributed by atoms with Crippen molar-refractivity contribution in [3.63, 3.8) is 0 Å². The van der Waals surface area contributed by atoms with Gasteiger partial charge in [-0.25, -0.2) is 0 Å². The Bertz CT molecular complexity index is 2260. The largest absolute Gasteiger partial charge is 0.309 e. The standard InChI is InChI=1S/C37H23N3/c38-24-31-27(22-23-35-37(31)30-17-8-10-20-33(30)40(35)26-14-5-2-6-15-26)28-18-11-21-34-36(28)29-16-7-9-19-32(29)39(34)25-12-3-1-4-13-25/h1-23H. The predicted octanol–water partition coefficient (Wildman–Crippen LogP) is 9.42. The number of benzene rings is 6. The van der Waals surface area contributed by atoms with Crippen LogP contribution in [0.2, 0.25) is 0 Å². The van der Waals surface area contributed by atoms with E-state index in [2.05, 4.69) is 143 Å². The normalized spacial score (nSPS) is 11.5. The van der Waals surface area contributed by atoms with Crippen LogP contribution in [-0.4, -0.2) is 9.13 Å². The Hall–Kier alpha value is -5.59. The second-order valence-corrected chi connectivity index (χ2v) is 10.1. The maximum absolute atomic E-state index is 10.7. The molecule has 40 heavy (non-hydrogen) atoms. The second-order valence-electron chi connectivity index (χ2n) is 10.1. The van der Waals surface area contributed by atoms with E-state index in [1.165, 1.54) is 5.39 Å². The molecule has 0 atom stereocenters. The summed E-state index contributed by atoms with van der Waals surface area (Å²) < 4.78 is 4.58. The van der Waals surface area contributed by atoms with Crippen LogP contribution in [-0.2, 0) is 0 Å². The average molecular weight is 510 g/mol. The summed E-state index contributed by atoms with van der Waals surface area (Å²) in [7, 11) is 0. The number of hydrogen-bond acceptors (Lipinski definition) is 1. The van der Waals surface area contributed by atoms with E-state index in [4.69, 9.17) is 0 Å². The molecule has 0 aliphatic carbocycles. The van der Waals surface area contributed by atoms with Crippen LogP contribution in [0.5, 0.6) is 0 Å². The molecule has 0 unspecified atom stereocenters. The van der Waals surface area contributed by atoms with Crippen molar-refractivity contribution in [3.8, 4) is 28.6 Å². The molecular weight excluding hydrogens is 486 g/mol. The van der Waals surface area contributed by atoms with Gasteiger partial charge in [-0.15, -0.1) is 0 Å². The molecular formula is C37H23N3. The summed E-state index contributed by atoms with van der Waals surface area (Å²) in [6.07, 6.45) is 0. The van der Waals surface area contributed by atoms with Crippen LogP contribution in [0.25, 0.3) is 66.1 Å². The van der Waals surface area contributed by atoms with Gasteiger partial charge in [0.25, 0.3) is 0 Å². The third kappa shape index (κ3) is 3.11. The van der Waals surface area contributed by atoms with Crippen molar-refractivity contribution < 1.29 is 0 Å². The van der Waals surface area contributed by atoms with E-state index < -0.39 is 0 Å². The quantitative estimate of drug-likeness (QED) is 0.233. The van der Waals surface area contributed by atoms with Crippen molar-refractivity contribution in [1.29, 1.82) is 5.26 Å². The Kier molecular flexibility index (Phi) is 4.89. The number of rotatable bonds is 3. The topological polar surface area (TPSA) is 33.6 Å². The first-order chi connectivity index (χ1) is 19.8. The number of nitriles is 1. The minimum Gasteiger partial charge on any atom is -0.309 e. The number of fused-ring (bicyclic) bond motifs is 6. The molecule has 3 heteroatoms. The van der Waals surface area contributed by atoms with Gasteiger partial charge >= 0.3 is 0 Å². The van der Waals surface area contributed by atoms with Crippen LogP contribution in [0.3, 0.4) is 0 Å². The fraction of sp³-hybridized carbons (Fsp3) is 0. The molecule has 8 rings (SSSR count). The van der Waals surface area contributed by atoms with Crippen LogP contribution in [0.4, 0.5) is 0 Å². The summed E-state index contributed by atoms with van der Waals surface area (Å²) in [6, 6.07) is 51.1. The van der Waals surface area contributed by atoms with Gasteiger partial charge in [-0.05, 0) is 54.1 Å². The third-order valence-corrected chi connectivity index (χ3v) is 7.97. The molecule has 0 amide bonds. The molecule has 8 aromatic rings. The van der Waals surface area contributed by atoms with Crippen molar-refractivity contribution in [1.82, 2.24) is 9.13 Å². The van der Waals surface area contributed by atoms with E-state index in [1.807, 2.05) is 12.1 Å². The van der Waals surface area contributed by atoms with E-state index in [-0.39, 0.29) is 0 Å². The van der Waals surface area contributed by atoms with Crippen LogP contribution < -0.4 is 0 Å². The minimum atomic E-state index is 0.701. The first-order valence-electron chi connectivity index (χ1n) is 13.4. The van der Waals surface area contributed by atoms with E-state index in [0.717, 1.165) is 60.7 Å². The van der Waals surface area contributed by atoms with Crippen LogP contribution in [0, 0.1) is 11.3 Å². The lowest BCUT2D eigenvalue weighted by atomic mass is 9.93. The third-order valence-electron chi connectivity index (χ3n) is 7.97. The zero-order valence-electron chi connectivity index (χ0n) is 21.6. The summed E-state index contributed by atoms with van der Waals surface area (Å²) in [5, 5.41) is 15.1. The monoisotopic (exact) mass is 509 g/mol. The van der Waals surface area contributed by atoms with Gasteiger partial charge in [0.15, 0.2) is 0 Å². The molecule has 0 spiro atoms. The van der Waals surface area contributed by atoms with Crippen molar-refractivity contribution in [2.45, 2.75) is 0 Å². The highest BCUT2D eigenvalue weighted by molar-refractivity contribution is 6.19. The first kappa shape index (κ1) is 22.4. The molecule has 0 bridgehead atoms. The van der Waals surface area contributed by atoms with E-state index in [0.29, 0.717) is 5.56 Å². The minimum absolute atomic E-state index is 0.701. The average Bonchev–Trinajstić information content (AvgIpc) is 3.55. The number of aromatic nitrogens is 2. The van der Waals surface area contributed by atoms with Gasteiger partial charge < -0.3 is 9.13 Å². The summed E-state index contributed by atoms with van der Waals surface area (Å²) in [5.74, 6) is 0. The molecule has 0 aliphatic heterocycles. The number of para-hydroxylation sites is 4. The van der Waals surface area contributed by atoms with Gasteiger partial charge in [-0.1, -0.05) is 91.0 Å². The van der Waals surface area contributed by atoms with Crippen LogP contribution >= 0.6 is 0 Å². The highest BCUT2D eigenvalue weighted by atomic mass is 15.0.